The lowest BCUT2D eigenvalue weighted by Crippen LogP contribution is -2.29. The van der Waals surface area contributed by atoms with Gasteiger partial charge in [0.05, 0.1) is 11.1 Å². The Labute approximate surface area is 111 Å². The zero-order valence-electron chi connectivity index (χ0n) is 11.3. The van der Waals surface area contributed by atoms with Crippen LogP contribution < -0.4 is 4.90 Å². The molecule has 0 amide bonds. The van der Waals surface area contributed by atoms with Gasteiger partial charge in [0.25, 0.3) is 0 Å². The van der Waals surface area contributed by atoms with Gasteiger partial charge in [-0.1, -0.05) is 6.92 Å². The summed E-state index contributed by atoms with van der Waals surface area (Å²) in [6.45, 7) is 4.22. The van der Waals surface area contributed by atoms with E-state index >= 15 is 0 Å². The number of aromatic nitrogens is 2. The second-order valence-corrected chi connectivity index (χ2v) is 4.62. The van der Waals surface area contributed by atoms with Crippen LogP contribution in [-0.4, -0.2) is 34.1 Å². The highest BCUT2D eigenvalue weighted by molar-refractivity contribution is 5.93. The lowest BCUT2D eigenvalue weighted by Gasteiger charge is -2.23. The number of rotatable bonds is 4. The topological polar surface area (TPSA) is 66.3 Å². The van der Waals surface area contributed by atoms with Gasteiger partial charge in [0, 0.05) is 24.7 Å². The molecule has 5 nitrogen and oxygen atoms in total. The fraction of sp³-hybridized carbons (Fsp3) is 0.357. The molecule has 0 saturated heterocycles. The Bertz CT molecular complexity index is 613. The summed E-state index contributed by atoms with van der Waals surface area (Å²) >= 11 is 0. The molecule has 0 fully saturated rings. The summed E-state index contributed by atoms with van der Waals surface area (Å²) in [4.78, 5) is 21.7. The molecule has 1 aromatic heterocycles. The Morgan fingerprint density at radius 1 is 1.47 bits per heavy atom. The Morgan fingerprint density at radius 3 is 2.84 bits per heavy atom. The minimum Gasteiger partial charge on any atom is -0.478 e. The number of hydrogen-bond acceptors (Lipinski definition) is 4. The van der Waals surface area contributed by atoms with E-state index in [0.717, 1.165) is 17.3 Å². The highest BCUT2D eigenvalue weighted by Crippen LogP contribution is 2.18. The van der Waals surface area contributed by atoms with Crippen LogP contribution >= 0.6 is 0 Å². The second-order valence-electron chi connectivity index (χ2n) is 4.62. The number of aromatic carboxylic acids is 1. The molecule has 0 aliphatic heterocycles. The van der Waals surface area contributed by atoms with Gasteiger partial charge in [-0.05, 0) is 31.5 Å². The molecule has 2 rings (SSSR count). The van der Waals surface area contributed by atoms with E-state index in [1.807, 2.05) is 11.9 Å². The summed E-state index contributed by atoms with van der Waals surface area (Å²) in [6.07, 6.45) is 2.68. The molecule has 0 aliphatic carbocycles. The Kier molecular flexibility index (Phi) is 3.64. The maximum atomic E-state index is 10.9. The van der Waals surface area contributed by atoms with Crippen molar-refractivity contribution < 1.29 is 9.90 Å². The summed E-state index contributed by atoms with van der Waals surface area (Å²) in [5.74, 6) is -0.285. The van der Waals surface area contributed by atoms with Gasteiger partial charge in [-0.15, -0.1) is 0 Å². The van der Waals surface area contributed by atoms with Gasteiger partial charge in [0.1, 0.15) is 0 Å². The lowest BCUT2D eigenvalue weighted by molar-refractivity contribution is 0.0697. The lowest BCUT2D eigenvalue weighted by atomic mass is 10.1. The fourth-order valence-electron chi connectivity index (χ4n) is 1.80. The summed E-state index contributed by atoms with van der Waals surface area (Å²) in [7, 11) is 1.96. The minimum atomic E-state index is -0.942. The van der Waals surface area contributed by atoms with E-state index in [1.54, 1.807) is 24.4 Å². The molecule has 0 bridgehead atoms. The van der Waals surface area contributed by atoms with E-state index in [0.29, 0.717) is 12.0 Å². The molecule has 19 heavy (non-hydrogen) atoms. The van der Waals surface area contributed by atoms with Crippen molar-refractivity contribution in [1.29, 1.82) is 0 Å². The number of anilines is 1. The van der Waals surface area contributed by atoms with Gasteiger partial charge >= 0.3 is 5.97 Å². The number of nitrogens with zero attached hydrogens (tertiary/aromatic N) is 3. The van der Waals surface area contributed by atoms with Gasteiger partial charge in [0.15, 0.2) is 0 Å². The van der Waals surface area contributed by atoms with E-state index in [4.69, 9.17) is 5.11 Å². The van der Waals surface area contributed by atoms with Crippen LogP contribution in [0.2, 0.25) is 0 Å². The molecule has 0 radical (unpaired) electrons. The van der Waals surface area contributed by atoms with Crippen molar-refractivity contribution in [1.82, 2.24) is 9.97 Å². The largest absolute Gasteiger partial charge is 0.478 e. The van der Waals surface area contributed by atoms with E-state index in [-0.39, 0.29) is 5.56 Å². The maximum Gasteiger partial charge on any atom is 0.335 e. The molecule has 1 heterocycles. The third kappa shape index (κ3) is 2.65. The van der Waals surface area contributed by atoms with Crippen LogP contribution in [0.3, 0.4) is 0 Å². The number of carboxylic acid groups (broad SMARTS) is 1. The molecule has 0 spiro atoms. The normalized spacial score (nSPS) is 12.4. The van der Waals surface area contributed by atoms with Crippen molar-refractivity contribution in [3.8, 4) is 0 Å². The summed E-state index contributed by atoms with van der Waals surface area (Å²) in [5, 5.41) is 9.68. The summed E-state index contributed by atoms with van der Waals surface area (Å²) in [5.41, 5.74) is 1.00. The molecular weight excluding hydrogens is 242 g/mol. The Balaban J connectivity index is 2.42. The number of carbonyl (C=O) groups is 1. The number of hydrogen-bond donors (Lipinski definition) is 1. The van der Waals surface area contributed by atoms with Gasteiger partial charge in [0.2, 0.25) is 5.95 Å². The van der Waals surface area contributed by atoms with Crippen LogP contribution in [0.1, 0.15) is 30.6 Å². The molecule has 2 aromatic rings. The van der Waals surface area contributed by atoms with Crippen LogP contribution in [0.25, 0.3) is 10.9 Å². The predicted molar refractivity (Wildman–Crippen MR) is 74.7 cm³/mol. The molecule has 1 aromatic carbocycles. The van der Waals surface area contributed by atoms with E-state index in [2.05, 4.69) is 23.8 Å². The molecule has 0 aliphatic rings. The van der Waals surface area contributed by atoms with Gasteiger partial charge in [-0.2, -0.15) is 0 Å². The van der Waals surface area contributed by atoms with Gasteiger partial charge in [-0.25, -0.2) is 14.8 Å². The highest BCUT2D eigenvalue weighted by atomic mass is 16.4. The van der Waals surface area contributed by atoms with Crippen molar-refractivity contribution in [2.24, 2.45) is 0 Å². The first kappa shape index (κ1) is 13.3. The van der Waals surface area contributed by atoms with Crippen molar-refractivity contribution in [3.05, 3.63) is 30.0 Å². The minimum absolute atomic E-state index is 0.249. The van der Waals surface area contributed by atoms with Crippen molar-refractivity contribution in [2.75, 3.05) is 11.9 Å². The van der Waals surface area contributed by atoms with Crippen LogP contribution in [0, 0.1) is 0 Å². The molecule has 0 saturated carbocycles. The Morgan fingerprint density at radius 2 is 2.21 bits per heavy atom. The van der Waals surface area contributed by atoms with E-state index in [9.17, 15) is 4.79 Å². The molecule has 100 valence electrons. The first-order valence-corrected chi connectivity index (χ1v) is 6.26. The van der Waals surface area contributed by atoms with Crippen molar-refractivity contribution in [3.63, 3.8) is 0 Å². The highest BCUT2D eigenvalue weighted by Gasteiger charge is 2.12. The van der Waals surface area contributed by atoms with Crippen molar-refractivity contribution in [2.45, 2.75) is 26.3 Å². The molecule has 1 atom stereocenters. The van der Waals surface area contributed by atoms with Crippen LogP contribution in [-0.2, 0) is 0 Å². The zero-order valence-corrected chi connectivity index (χ0v) is 11.3. The van der Waals surface area contributed by atoms with Crippen LogP contribution in [0.5, 0.6) is 0 Å². The van der Waals surface area contributed by atoms with Gasteiger partial charge < -0.3 is 10.0 Å². The Hall–Kier alpha value is -2.17. The predicted octanol–water partition coefficient (Wildman–Crippen LogP) is 2.56. The SMILES string of the molecule is CCC(C)N(C)c1ncc2cc(C(=O)O)ccc2n1. The summed E-state index contributed by atoms with van der Waals surface area (Å²) in [6, 6.07) is 5.22. The monoisotopic (exact) mass is 259 g/mol. The molecular formula is C14H17N3O2. The smallest absolute Gasteiger partial charge is 0.335 e. The number of carboxylic acids is 1. The second kappa shape index (κ2) is 5.22. The third-order valence-electron chi connectivity index (χ3n) is 3.38. The molecule has 1 N–H and O–H groups in total. The van der Waals surface area contributed by atoms with Crippen LogP contribution in [0.15, 0.2) is 24.4 Å². The van der Waals surface area contributed by atoms with Gasteiger partial charge in [-0.3, -0.25) is 0 Å². The average Bonchev–Trinajstić information content (AvgIpc) is 2.44. The molecule has 5 heteroatoms. The average molecular weight is 259 g/mol. The fourth-order valence-corrected chi connectivity index (χ4v) is 1.80. The quantitative estimate of drug-likeness (QED) is 0.914. The van der Waals surface area contributed by atoms with Crippen molar-refractivity contribution >= 4 is 22.8 Å². The third-order valence-corrected chi connectivity index (χ3v) is 3.38. The van der Waals surface area contributed by atoms with Crippen LogP contribution in [0.4, 0.5) is 5.95 Å². The standard InChI is InChI=1S/C14H17N3O2/c1-4-9(2)17(3)14-15-8-11-7-10(13(18)19)5-6-12(11)16-14/h5-9H,4H2,1-3H3,(H,18,19). The maximum absolute atomic E-state index is 10.9. The first-order valence-electron chi connectivity index (χ1n) is 6.26. The van der Waals surface area contributed by atoms with E-state index < -0.39 is 5.97 Å². The first-order chi connectivity index (χ1) is 9.02. The summed E-state index contributed by atoms with van der Waals surface area (Å²) < 4.78 is 0. The number of benzene rings is 1. The van der Waals surface area contributed by atoms with E-state index in [1.165, 1.54) is 0 Å². The molecule has 1 unspecified atom stereocenters. The zero-order chi connectivity index (χ0) is 14.0. The number of fused-ring (bicyclic) bond motifs is 1.